The number of halogens is 1. The molecule has 5 nitrogen and oxygen atoms in total. The molecule has 0 bridgehead atoms. The molecule has 0 fully saturated rings. The van der Waals surface area contributed by atoms with Crippen molar-refractivity contribution in [2.45, 2.75) is 70.9 Å². The largest absolute Gasteiger partial charge is 0.379 e. The fourth-order valence-corrected chi connectivity index (χ4v) is 4.29. The molecule has 0 saturated carbocycles. The van der Waals surface area contributed by atoms with Gasteiger partial charge in [0.05, 0.1) is 0 Å². The molecule has 0 aromatic heterocycles. The number of nitrogens with zero attached hydrogens (tertiary/aromatic N) is 1. The van der Waals surface area contributed by atoms with Gasteiger partial charge in [0, 0.05) is 18.5 Å². The Kier molecular flexibility index (Phi) is 9.04. The van der Waals surface area contributed by atoms with E-state index >= 15 is 0 Å². The van der Waals surface area contributed by atoms with Crippen LogP contribution in [0.5, 0.6) is 5.75 Å². The maximum Gasteiger partial charge on any atom is 0.339 e. The second-order valence-electron chi connectivity index (χ2n) is 7.95. The molecule has 2 rings (SSSR count). The van der Waals surface area contributed by atoms with Crippen molar-refractivity contribution >= 4 is 16.0 Å². The van der Waals surface area contributed by atoms with Gasteiger partial charge in [-0.2, -0.15) is 8.42 Å². The Labute approximate surface area is 185 Å². The SMILES string of the molecule is CCCCC(CC)C(=O)N(Cc1cccc(OS(=O)(=O)c2ccc(F)cc2)c1)C(C)C. The Hall–Kier alpha value is -2.41. The number of benzene rings is 2. The number of carbonyl (C=O) groups is 1. The first-order valence-electron chi connectivity index (χ1n) is 10.8. The summed E-state index contributed by atoms with van der Waals surface area (Å²) in [5.41, 5.74) is 0.777. The van der Waals surface area contributed by atoms with Crippen LogP contribution >= 0.6 is 0 Å². The summed E-state index contributed by atoms with van der Waals surface area (Å²) < 4.78 is 43.3. The van der Waals surface area contributed by atoms with Crippen LogP contribution in [-0.2, 0) is 21.5 Å². The van der Waals surface area contributed by atoms with Crippen LogP contribution in [0.15, 0.2) is 53.4 Å². The van der Waals surface area contributed by atoms with Crippen LogP contribution in [0.2, 0.25) is 0 Å². The summed E-state index contributed by atoms with van der Waals surface area (Å²) in [5, 5.41) is 0. The summed E-state index contributed by atoms with van der Waals surface area (Å²) in [6.07, 6.45) is 3.73. The quantitative estimate of drug-likeness (QED) is 0.422. The normalized spacial score (nSPS) is 12.6. The van der Waals surface area contributed by atoms with Gasteiger partial charge in [0.15, 0.2) is 0 Å². The van der Waals surface area contributed by atoms with E-state index in [0.29, 0.717) is 6.54 Å². The van der Waals surface area contributed by atoms with E-state index in [4.69, 9.17) is 4.18 Å². The van der Waals surface area contributed by atoms with Crippen LogP contribution in [0, 0.1) is 11.7 Å². The Morgan fingerprint density at radius 2 is 1.77 bits per heavy atom. The van der Waals surface area contributed by atoms with E-state index in [2.05, 4.69) is 6.92 Å². The van der Waals surface area contributed by atoms with Crippen LogP contribution in [0.4, 0.5) is 4.39 Å². The molecule has 170 valence electrons. The molecule has 0 heterocycles. The van der Waals surface area contributed by atoms with Gasteiger partial charge in [-0.05, 0) is 68.7 Å². The zero-order chi connectivity index (χ0) is 23.0. The van der Waals surface area contributed by atoms with Crippen molar-refractivity contribution in [1.29, 1.82) is 0 Å². The van der Waals surface area contributed by atoms with E-state index in [1.807, 2.05) is 31.7 Å². The van der Waals surface area contributed by atoms with Crippen LogP contribution in [0.3, 0.4) is 0 Å². The molecular formula is C24H32FNO4S. The van der Waals surface area contributed by atoms with Gasteiger partial charge in [-0.15, -0.1) is 0 Å². The third kappa shape index (κ3) is 7.06. The van der Waals surface area contributed by atoms with Crippen LogP contribution in [-0.4, -0.2) is 25.3 Å². The van der Waals surface area contributed by atoms with Gasteiger partial charge in [0.1, 0.15) is 16.5 Å². The van der Waals surface area contributed by atoms with E-state index in [0.717, 1.165) is 55.5 Å². The maximum absolute atomic E-state index is 13.1. The van der Waals surface area contributed by atoms with Crippen molar-refractivity contribution in [2.75, 3.05) is 0 Å². The monoisotopic (exact) mass is 449 g/mol. The highest BCUT2D eigenvalue weighted by molar-refractivity contribution is 7.87. The second-order valence-corrected chi connectivity index (χ2v) is 9.49. The first kappa shape index (κ1) is 24.9. The molecule has 7 heteroatoms. The highest BCUT2D eigenvalue weighted by Crippen LogP contribution is 2.23. The second kappa shape index (κ2) is 11.3. The van der Waals surface area contributed by atoms with Crippen molar-refractivity contribution in [3.8, 4) is 5.75 Å². The van der Waals surface area contributed by atoms with Crippen molar-refractivity contribution < 1.29 is 21.8 Å². The number of hydrogen-bond acceptors (Lipinski definition) is 4. The summed E-state index contributed by atoms with van der Waals surface area (Å²) in [6, 6.07) is 11.2. The highest BCUT2D eigenvalue weighted by atomic mass is 32.2. The predicted molar refractivity (Wildman–Crippen MR) is 120 cm³/mol. The Morgan fingerprint density at radius 1 is 1.10 bits per heavy atom. The minimum absolute atomic E-state index is 0.00991. The molecule has 0 radical (unpaired) electrons. The topological polar surface area (TPSA) is 63.7 Å². The molecule has 1 unspecified atom stereocenters. The summed E-state index contributed by atoms with van der Waals surface area (Å²) in [5.74, 6) is -0.267. The van der Waals surface area contributed by atoms with Gasteiger partial charge < -0.3 is 9.08 Å². The van der Waals surface area contributed by atoms with Crippen molar-refractivity contribution in [1.82, 2.24) is 4.90 Å². The third-order valence-corrected chi connectivity index (χ3v) is 6.48. The van der Waals surface area contributed by atoms with Gasteiger partial charge in [0.2, 0.25) is 5.91 Å². The van der Waals surface area contributed by atoms with Gasteiger partial charge in [0.25, 0.3) is 0 Å². The molecule has 2 aromatic carbocycles. The minimum Gasteiger partial charge on any atom is -0.379 e. The first-order valence-corrected chi connectivity index (χ1v) is 12.2. The molecule has 0 aliphatic rings. The van der Waals surface area contributed by atoms with Gasteiger partial charge in [-0.1, -0.05) is 38.8 Å². The van der Waals surface area contributed by atoms with Crippen LogP contribution in [0.1, 0.15) is 58.9 Å². The lowest BCUT2D eigenvalue weighted by atomic mass is 9.97. The minimum atomic E-state index is -4.08. The molecule has 0 saturated heterocycles. The Morgan fingerprint density at radius 3 is 2.35 bits per heavy atom. The number of amides is 1. The molecule has 31 heavy (non-hydrogen) atoms. The fraction of sp³-hybridized carbons (Fsp3) is 0.458. The highest BCUT2D eigenvalue weighted by Gasteiger charge is 2.25. The van der Waals surface area contributed by atoms with E-state index in [1.54, 1.807) is 18.2 Å². The Balaban J connectivity index is 2.19. The van der Waals surface area contributed by atoms with Crippen molar-refractivity contribution in [2.24, 2.45) is 5.92 Å². The van der Waals surface area contributed by atoms with Crippen molar-refractivity contribution in [3.05, 3.63) is 59.9 Å². The fourth-order valence-electron chi connectivity index (χ4n) is 3.37. The molecule has 0 spiro atoms. The predicted octanol–water partition coefficient (Wildman–Crippen LogP) is 5.55. The molecule has 1 atom stereocenters. The maximum atomic E-state index is 13.1. The summed E-state index contributed by atoms with van der Waals surface area (Å²) in [6.45, 7) is 8.47. The summed E-state index contributed by atoms with van der Waals surface area (Å²) in [7, 11) is -4.08. The van der Waals surface area contributed by atoms with Gasteiger partial charge in [-0.25, -0.2) is 4.39 Å². The van der Waals surface area contributed by atoms with Crippen molar-refractivity contribution in [3.63, 3.8) is 0 Å². The van der Waals surface area contributed by atoms with Gasteiger partial charge >= 0.3 is 10.1 Å². The zero-order valence-corrected chi connectivity index (χ0v) is 19.5. The van der Waals surface area contributed by atoms with E-state index < -0.39 is 15.9 Å². The molecule has 2 aromatic rings. The lowest BCUT2D eigenvalue weighted by Crippen LogP contribution is -2.40. The zero-order valence-electron chi connectivity index (χ0n) is 18.7. The average molecular weight is 450 g/mol. The third-order valence-electron chi connectivity index (χ3n) is 5.21. The van der Waals surface area contributed by atoms with Crippen LogP contribution in [0.25, 0.3) is 0 Å². The number of carbonyl (C=O) groups excluding carboxylic acids is 1. The standard InChI is InChI=1S/C24H32FNO4S/c1-5-7-10-20(6-2)24(27)26(18(3)4)17-19-9-8-11-22(16-19)30-31(28,29)23-14-12-21(25)13-15-23/h8-9,11-16,18,20H,5-7,10,17H2,1-4H3. The first-order chi connectivity index (χ1) is 14.7. The lowest BCUT2D eigenvalue weighted by Gasteiger charge is -2.30. The molecule has 0 N–H and O–H groups in total. The number of hydrogen-bond donors (Lipinski definition) is 0. The number of rotatable bonds is 11. The summed E-state index contributed by atoms with van der Waals surface area (Å²) in [4.78, 5) is 14.8. The molecule has 0 aliphatic carbocycles. The smallest absolute Gasteiger partial charge is 0.339 e. The lowest BCUT2D eigenvalue weighted by molar-refractivity contribution is -0.138. The van der Waals surface area contributed by atoms with E-state index in [9.17, 15) is 17.6 Å². The molecule has 0 aliphatic heterocycles. The van der Waals surface area contributed by atoms with Gasteiger partial charge in [-0.3, -0.25) is 4.79 Å². The number of unbranched alkanes of at least 4 members (excludes halogenated alkanes) is 1. The molecule has 1 amide bonds. The Bertz CT molecular complexity index is 958. The van der Waals surface area contributed by atoms with Crippen LogP contribution < -0.4 is 4.18 Å². The van der Waals surface area contributed by atoms with E-state index in [1.165, 1.54) is 0 Å². The summed E-state index contributed by atoms with van der Waals surface area (Å²) >= 11 is 0. The average Bonchev–Trinajstić information content (AvgIpc) is 2.72. The van der Waals surface area contributed by atoms with E-state index in [-0.39, 0.29) is 28.5 Å². The molecular weight excluding hydrogens is 417 g/mol.